The number of hydrogen-bond donors (Lipinski definition) is 3. The van der Waals surface area contributed by atoms with Gasteiger partial charge in [-0.3, -0.25) is 4.79 Å². The highest BCUT2D eigenvalue weighted by atomic mass is 35.5. The smallest absolute Gasteiger partial charge is 0.259 e. The molecule has 1 aromatic heterocycles. The second-order valence-corrected chi connectivity index (χ2v) is 8.08. The van der Waals surface area contributed by atoms with Gasteiger partial charge in [0, 0.05) is 30.1 Å². The van der Waals surface area contributed by atoms with Crippen molar-refractivity contribution in [2.45, 2.75) is 25.7 Å². The summed E-state index contributed by atoms with van der Waals surface area (Å²) >= 11 is 5.79. The predicted molar refractivity (Wildman–Crippen MR) is 117 cm³/mol. The van der Waals surface area contributed by atoms with Gasteiger partial charge < -0.3 is 16.0 Å². The maximum Gasteiger partial charge on any atom is 0.259 e. The summed E-state index contributed by atoms with van der Waals surface area (Å²) in [6, 6.07) is 12.5. The third-order valence-corrected chi connectivity index (χ3v) is 5.57. The Morgan fingerprint density at radius 2 is 1.62 bits per heavy atom. The number of carbonyl (C=O) groups excluding carboxylic acids is 1. The van der Waals surface area contributed by atoms with Gasteiger partial charge in [0.15, 0.2) is 0 Å². The predicted octanol–water partition coefficient (Wildman–Crippen LogP) is 6.13. The summed E-state index contributed by atoms with van der Waals surface area (Å²) in [6.45, 7) is 0.776. The number of carbonyl (C=O) groups is 1. The largest absolute Gasteiger partial charge is 0.340 e. The highest BCUT2D eigenvalue weighted by Gasteiger charge is 2.64. The van der Waals surface area contributed by atoms with E-state index >= 15 is 0 Å². The number of alkyl halides is 2. The maximum absolute atomic E-state index is 13.8. The van der Waals surface area contributed by atoms with Crippen LogP contribution in [0.25, 0.3) is 0 Å². The van der Waals surface area contributed by atoms with E-state index < -0.39 is 23.1 Å². The van der Waals surface area contributed by atoms with Gasteiger partial charge in [0.05, 0.1) is 5.02 Å². The van der Waals surface area contributed by atoms with E-state index in [1.54, 1.807) is 30.3 Å². The van der Waals surface area contributed by atoms with Crippen LogP contribution in [0, 0.1) is 11.2 Å². The summed E-state index contributed by atoms with van der Waals surface area (Å²) in [5.41, 5.74) is -0.103. The molecule has 1 fully saturated rings. The van der Waals surface area contributed by atoms with Crippen molar-refractivity contribution in [2.24, 2.45) is 5.41 Å². The molecule has 0 saturated heterocycles. The van der Waals surface area contributed by atoms with Crippen LogP contribution in [0.3, 0.4) is 0 Å². The Kier molecular flexibility index (Phi) is 5.68. The Bertz CT molecular complexity index is 1160. The fourth-order valence-electron chi connectivity index (χ4n) is 3.28. The van der Waals surface area contributed by atoms with Gasteiger partial charge in [0.1, 0.15) is 29.2 Å². The van der Waals surface area contributed by atoms with Crippen LogP contribution in [-0.2, 0) is 4.79 Å². The summed E-state index contributed by atoms with van der Waals surface area (Å²) in [5, 5.41) is 8.64. The first-order chi connectivity index (χ1) is 15.2. The lowest BCUT2D eigenvalue weighted by Crippen LogP contribution is -2.37. The number of rotatable bonds is 7. The zero-order chi connectivity index (χ0) is 22.9. The Morgan fingerprint density at radius 3 is 2.22 bits per heavy atom. The van der Waals surface area contributed by atoms with Gasteiger partial charge >= 0.3 is 0 Å². The molecule has 10 heteroatoms. The van der Waals surface area contributed by atoms with Crippen LogP contribution in [0.1, 0.15) is 19.8 Å². The average Bonchev–Trinajstić information content (AvgIpc) is 3.54. The number of aromatic nitrogens is 2. The lowest BCUT2D eigenvalue weighted by molar-refractivity contribution is -0.136. The van der Waals surface area contributed by atoms with Crippen molar-refractivity contribution in [1.82, 2.24) is 9.97 Å². The molecule has 0 atom stereocenters. The number of halogens is 4. The molecule has 32 heavy (non-hydrogen) atoms. The minimum Gasteiger partial charge on any atom is -0.340 e. The van der Waals surface area contributed by atoms with Crippen LogP contribution in [0.15, 0.2) is 54.9 Å². The molecule has 0 unspecified atom stereocenters. The van der Waals surface area contributed by atoms with E-state index in [2.05, 4.69) is 25.9 Å². The molecule has 3 N–H and O–H groups in total. The number of nitrogens with one attached hydrogen (secondary N) is 3. The van der Waals surface area contributed by atoms with Crippen LogP contribution >= 0.6 is 11.6 Å². The molecule has 6 nitrogen and oxygen atoms in total. The highest BCUT2D eigenvalue weighted by molar-refractivity contribution is 6.31. The van der Waals surface area contributed by atoms with Crippen molar-refractivity contribution in [3.63, 3.8) is 0 Å². The third kappa shape index (κ3) is 4.62. The van der Waals surface area contributed by atoms with Crippen molar-refractivity contribution in [3.05, 3.63) is 65.7 Å². The maximum atomic E-state index is 13.8. The molecule has 2 aromatic carbocycles. The standard InChI is InChI=1S/C22H19ClF3N5O/c1-21(25,26)22(7-8-22)20(32)31-14-4-2-3-13(9-14)29-18-11-19(28-12-27-18)30-15-5-6-17(24)16(23)10-15/h2-6,9-12H,7-8H2,1H3,(H,31,32)(H2,27,28,29,30). The molecule has 166 valence electrons. The Morgan fingerprint density at radius 1 is 1.00 bits per heavy atom. The van der Waals surface area contributed by atoms with Crippen LogP contribution in [0.5, 0.6) is 0 Å². The molecule has 1 amide bonds. The molecule has 0 aliphatic heterocycles. The van der Waals surface area contributed by atoms with Crippen molar-refractivity contribution in [2.75, 3.05) is 16.0 Å². The molecular weight excluding hydrogens is 443 g/mol. The average molecular weight is 462 g/mol. The second kappa shape index (κ2) is 8.31. The minimum atomic E-state index is -3.08. The van der Waals surface area contributed by atoms with Crippen LogP contribution < -0.4 is 16.0 Å². The summed E-state index contributed by atoms with van der Waals surface area (Å²) in [7, 11) is 0. The molecule has 1 heterocycles. The fourth-order valence-corrected chi connectivity index (χ4v) is 3.46. The topological polar surface area (TPSA) is 78.9 Å². The molecule has 0 bridgehead atoms. The molecular formula is C22H19ClF3N5O. The van der Waals surface area contributed by atoms with Gasteiger partial charge in [-0.15, -0.1) is 0 Å². The lowest BCUT2D eigenvalue weighted by atomic mass is 9.98. The first-order valence-corrected chi connectivity index (χ1v) is 10.1. The van der Waals surface area contributed by atoms with Crippen LogP contribution in [0.2, 0.25) is 5.02 Å². The summed E-state index contributed by atoms with van der Waals surface area (Å²) < 4.78 is 40.9. The quantitative estimate of drug-likeness (QED) is 0.394. The van der Waals surface area contributed by atoms with Gasteiger partial charge in [-0.2, -0.15) is 0 Å². The summed E-state index contributed by atoms with van der Waals surface area (Å²) in [6.07, 6.45) is 1.66. The second-order valence-electron chi connectivity index (χ2n) is 7.67. The van der Waals surface area contributed by atoms with Crippen molar-refractivity contribution in [3.8, 4) is 0 Å². The van der Waals surface area contributed by atoms with E-state index in [4.69, 9.17) is 11.6 Å². The number of anilines is 5. The minimum absolute atomic E-state index is 0.0184. The van der Waals surface area contributed by atoms with E-state index in [0.717, 1.165) is 6.92 Å². The number of benzene rings is 2. The molecule has 1 saturated carbocycles. The Hall–Kier alpha value is -3.33. The molecule has 1 aliphatic rings. The number of amides is 1. The SMILES string of the molecule is CC(F)(F)C1(C(=O)Nc2cccc(Nc3cc(Nc4ccc(F)c(Cl)c4)ncn3)c2)CC1. The Labute approximate surface area is 187 Å². The highest BCUT2D eigenvalue weighted by Crippen LogP contribution is 2.57. The normalized spacial score (nSPS) is 14.5. The van der Waals surface area contributed by atoms with E-state index in [1.807, 2.05) is 0 Å². The lowest BCUT2D eigenvalue weighted by Gasteiger charge is -2.22. The third-order valence-electron chi connectivity index (χ3n) is 5.28. The van der Waals surface area contributed by atoms with Crippen molar-refractivity contribution >= 4 is 46.2 Å². The van der Waals surface area contributed by atoms with Gasteiger partial charge in [-0.25, -0.2) is 23.1 Å². The van der Waals surface area contributed by atoms with Gasteiger partial charge in [-0.1, -0.05) is 17.7 Å². The van der Waals surface area contributed by atoms with E-state index in [1.165, 1.54) is 24.5 Å². The zero-order valence-corrected chi connectivity index (χ0v) is 17.7. The van der Waals surface area contributed by atoms with Crippen LogP contribution in [-0.4, -0.2) is 21.8 Å². The van der Waals surface area contributed by atoms with Gasteiger partial charge in [0.2, 0.25) is 5.91 Å². The fraction of sp³-hybridized carbons (Fsp3) is 0.227. The van der Waals surface area contributed by atoms with Crippen molar-refractivity contribution < 1.29 is 18.0 Å². The first kappa shape index (κ1) is 21.9. The van der Waals surface area contributed by atoms with E-state index in [9.17, 15) is 18.0 Å². The monoisotopic (exact) mass is 461 g/mol. The number of hydrogen-bond acceptors (Lipinski definition) is 5. The molecule has 1 aliphatic carbocycles. The zero-order valence-electron chi connectivity index (χ0n) is 16.9. The molecule has 4 rings (SSSR count). The van der Waals surface area contributed by atoms with Gasteiger partial charge in [0.25, 0.3) is 5.92 Å². The summed E-state index contributed by atoms with van der Waals surface area (Å²) in [4.78, 5) is 20.7. The van der Waals surface area contributed by atoms with E-state index in [0.29, 0.717) is 28.7 Å². The summed E-state index contributed by atoms with van der Waals surface area (Å²) in [5.74, 6) is -3.40. The number of nitrogens with zero attached hydrogens (tertiary/aromatic N) is 2. The van der Waals surface area contributed by atoms with Crippen LogP contribution in [0.4, 0.5) is 41.9 Å². The molecule has 3 aromatic rings. The Balaban J connectivity index is 1.45. The first-order valence-electron chi connectivity index (χ1n) is 9.77. The molecule has 0 spiro atoms. The molecule has 0 radical (unpaired) electrons. The van der Waals surface area contributed by atoms with E-state index in [-0.39, 0.29) is 17.9 Å². The van der Waals surface area contributed by atoms with Crippen molar-refractivity contribution in [1.29, 1.82) is 0 Å². The van der Waals surface area contributed by atoms with Gasteiger partial charge in [-0.05, 0) is 49.2 Å².